The Bertz CT molecular complexity index is 443. The molecule has 0 heterocycles. The van der Waals surface area contributed by atoms with Crippen molar-refractivity contribution < 1.29 is 13.2 Å². The first-order valence-corrected chi connectivity index (χ1v) is 6.89. The Morgan fingerprint density at radius 2 is 1.75 bits per heavy atom. The topological polar surface area (TPSA) is 26.0 Å². The summed E-state index contributed by atoms with van der Waals surface area (Å²) in [5, 5.41) is 0.0897. The molecule has 1 atom stereocenters. The molecule has 1 aromatic carbocycles. The smallest absolute Gasteiger partial charge is 0.324 e. The second-order valence-corrected chi connectivity index (χ2v) is 5.59. The van der Waals surface area contributed by atoms with Crippen molar-refractivity contribution in [2.75, 3.05) is 0 Å². The summed E-state index contributed by atoms with van der Waals surface area (Å²) in [5.74, 6) is 0.135. The van der Waals surface area contributed by atoms with Gasteiger partial charge in [-0.15, -0.1) is 12.4 Å². The lowest BCUT2D eigenvalue weighted by atomic mass is 9.80. The van der Waals surface area contributed by atoms with E-state index in [9.17, 15) is 13.2 Å². The number of hydrogen-bond donors (Lipinski definition) is 1. The summed E-state index contributed by atoms with van der Waals surface area (Å²) >= 11 is 5.67. The zero-order chi connectivity index (χ0) is 14.0. The average Bonchev–Trinajstić information content (AvgIpc) is 2.38. The van der Waals surface area contributed by atoms with Crippen molar-refractivity contribution in [3.63, 3.8) is 0 Å². The largest absolute Gasteiger partial charge is 0.416 e. The fourth-order valence-electron chi connectivity index (χ4n) is 2.81. The highest BCUT2D eigenvalue weighted by molar-refractivity contribution is 6.30. The number of alkyl halides is 3. The van der Waals surface area contributed by atoms with E-state index in [4.69, 9.17) is 17.3 Å². The maximum Gasteiger partial charge on any atom is 0.416 e. The molecule has 20 heavy (non-hydrogen) atoms. The van der Waals surface area contributed by atoms with Gasteiger partial charge in [0.2, 0.25) is 0 Å². The summed E-state index contributed by atoms with van der Waals surface area (Å²) in [7, 11) is 0. The molecule has 1 aromatic rings. The van der Waals surface area contributed by atoms with Gasteiger partial charge < -0.3 is 5.73 Å². The van der Waals surface area contributed by atoms with Crippen LogP contribution < -0.4 is 5.73 Å². The molecule has 2 N–H and O–H groups in total. The molecule has 1 aliphatic rings. The maximum atomic E-state index is 13.0. The van der Waals surface area contributed by atoms with Crippen LogP contribution in [0.5, 0.6) is 0 Å². The SMILES string of the molecule is Cl.N[C@H](c1ccc(Cl)cc1C(F)(F)F)C1CCCCC1. The van der Waals surface area contributed by atoms with Crippen molar-refractivity contribution in [3.8, 4) is 0 Å². The molecular weight excluding hydrogens is 310 g/mol. The Labute approximate surface area is 128 Å². The van der Waals surface area contributed by atoms with E-state index in [2.05, 4.69) is 0 Å². The molecule has 0 saturated heterocycles. The highest BCUT2D eigenvalue weighted by Gasteiger charge is 2.36. The van der Waals surface area contributed by atoms with Gasteiger partial charge in [0.25, 0.3) is 0 Å². The van der Waals surface area contributed by atoms with Crippen LogP contribution in [0, 0.1) is 5.92 Å². The molecule has 1 fully saturated rings. The number of benzene rings is 1. The quantitative estimate of drug-likeness (QED) is 0.777. The zero-order valence-electron chi connectivity index (χ0n) is 10.9. The molecule has 114 valence electrons. The second kappa shape index (κ2) is 7.01. The first kappa shape index (κ1) is 17.6. The molecule has 0 radical (unpaired) electrons. The Kier molecular flexibility index (Phi) is 6.17. The van der Waals surface area contributed by atoms with Gasteiger partial charge in [0, 0.05) is 11.1 Å². The highest BCUT2D eigenvalue weighted by atomic mass is 35.5. The van der Waals surface area contributed by atoms with Crippen molar-refractivity contribution in [1.82, 2.24) is 0 Å². The summed E-state index contributed by atoms with van der Waals surface area (Å²) in [6.07, 6.45) is 0.644. The molecule has 0 aromatic heterocycles. The van der Waals surface area contributed by atoms with Gasteiger partial charge in [-0.25, -0.2) is 0 Å². The molecule has 1 aliphatic carbocycles. The van der Waals surface area contributed by atoms with Crippen LogP contribution in [0.2, 0.25) is 5.02 Å². The molecule has 1 nitrogen and oxygen atoms in total. The Morgan fingerprint density at radius 1 is 1.15 bits per heavy atom. The molecule has 0 spiro atoms. The fourth-order valence-corrected chi connectivity index (χ4v) is 2.98. The molecule has 0 bridgehead atoms. The molecule has 6 heteroatoms. The summed E-state index contributed by atoms with van der Waals surface area (Å²) in [4.78, 5) is 0. The van der Waals surface area contributed by atoms with Crippen LogP contribution in [0.4, 0.5) is 13.2 Å². The molecule has 2 rings (SSSR count). The Balaban J connectivity index is 0.00000200. The predicted molar refractivity (Wildman–Crippen MR) is 77.2 cm³/mol. The standard InChI is InChI=1S/C14H17ClF3N.ClH/c15-10-6-7-11(12(8-10)14(16,17)18)13(19)9-4-2-1-3-5-9;/h6-9,13H,1-5,19H2;1H/t13-;/m0./s1. The van der Waals surface area contributed by atoms with Crippen molar-refractivity contribution in [1.29, 1.82) is 0 Å². The summed E-state index contributed by atoms with van der Waals surface area (Å²) in [6.45, 7) is 0. The number of halogens is 5. The Hall–Kier alpha value is -0.450. The summed E-state index contributed by atoms with van der Waals surface area (Å²) in [5.41, 5.74) is 5.55. The third-order valence-electron chi connectivity index (χ3n) is 3.84. The van der Waals surface area contributed by atoms with Gasteiger partial charge in [-0.05, 0) is 36.5 Å². The van der Waals surface area contributed by atoms with E-state index < -0.39 is 17.8 Å². The fraction of sp³-hybridized carbons (Fsp3) is 0.571. The third kappa shape index (κ3) is 4.03. The van der Waals surface area contributed by atoms with E-state index in [0.29, 0.717) is 0 Å². The molecule has 0 amide bonds. The van der Waals surface area contributed by atoms with E-state index in [-0.39, 0.29) is 28.9 Å². The third-order valence-corrected chi connectivity index (χ3v) is 4.07. The monoisotopic (exact) mass is 327 g/mol. The van der Waals surface area contributed by atoms with Crippen molar-refractivity contribution >= 4 is 24.0 Å². The Morgan fingerprint density at radius 3 is 2.30 bits per heavy atom. The first-order valence-electron chi connectivity index (χ1n) is 6.52. The van der Waals surface area contributed by atoms with E-state index in [1.807, 2.05) is 0 Å². The van der Waals surface area contributed by atoms with Crippen LogP contribution in [0.3, 0.4) is 0 Å². The van der Waals surface area contributed by atoms with Crippen LogP contribution in [-0.4, -0.2) is 0 Å². The first-order chi connectivity index (χ1) is 8.89. The van der Waals surface area contributed by atoms with Gasteiger partial charge in [0.1, 0.15) is 0 Å². The maximum absolute atomic E-state index is 13.0. The molecular formula is C14H18Cl2F3N. The molecule has 0 unspecified atom stereocenters. The minimum absolute atomic E-state index is 0. The highest BCUT2D eigenvalue weighted by Crippen LogP contribution is 2.40. The second-order valence-electron chi connectivity index (χ2n) is 5.15. The van der Waals surface area contributed by atoms with Gasteiger partial charge >= 0.3 is 6.18 Å². The van der Waals surface area contributed by atoms with Crippen molar-refractivity contribution in [3.05, 3.63) is 34.3 Å². The van der Waals surface area contributed by atoms with Crippen LogP contribution in [0.15, 0.2) is 18.2 Å². The van der Waals surface area contributed by atoms with Gasteiger partial charge in [0.05, 0.1) is 5.56 Å². The van der Waals surface area contributed by atoms with E-state index >= 15 is 0 Å². The van der Waals surface area contributed by atoms with Crippen molar-refractivity contribution in [2.24, 2.45) is 11.7 Å². The minimum Gasteiger partial charge on any atom is -0.324 e. The van der Waals surface area contributed by atoms with E-state index in [1.165, 1.54) is 12.1 Å². The van der Waals surface area contributed by atoms with Crippen molar-refractivity contribution in [2.45, 2.75) is 44.3 Å². The molecule has 0 aliphatic heterocycles. The number of nitrogens with two attached hydrogens (primary N) is 1. The lowest BCUT2D eigenvalue weighted by Crippen LogP contribution is -2.26. The number of rotatable bonds is 2. The van der Waals surface area contributed by atoms with E-state index in [1.54, 1.807) is 0 Å². The van der Waals surface area contributed by atoms with Gasteiger partial charge in [-0.2, -0.15) is 13.2 Å². The summed E-state index contributed by atoms with van der Waals surface area (Å²) in [6, 6.07) is 3.31. The van der Waals surface area contributed by atoms with Gasteiger partial charge in [-0.1, -0.05) is 36.9 Å². The number of hydrogen-bond acceptors (Lipinski definition) is 1. The predicted octanol–water partition coefficient (Wildman–Crippen LogP) is 5.36. The van der Waals surface area contributed by atoms with Crippen LogP contribution in [0.25, 0.3) is 0 Å². The normalized spacial score (nSPS) is 18.4. The minimum atomic E-state index is -4.41. The average molecular weight is 328 g/mol. The van der Waals surface area contributed by atoms with Crippen LogP contribution >= 0.6 is 24.0 Å². The van der Waals surface area contributed by atoms with Gasteiger partial charge in [-0.3, -0.25) is 0 Å². The lowest BCUT2D eigenvalue weighted by Gasteiger charge is -2.29. The molecule has 1 saturated carbocycles. The summed E-state index contributed by atoms with van der Waals surface area (Å²) < 4.78 is 39.1. The van der Waals surface area contributed by atoms with E-state index in [0.717, 1.165) is 38.2 Å². The van der Waals surface area contributed by atoms with Crippen LogP contribution in [-0.2, 0) is 6.18 Å². The zero-order valence-corrected chi connectivity index (χ0v) is 12.5. The lowest BCUT2D eigenvalue weighted by molar-refractivity contribution is -0.138. The van der Waals surface area contributed by atoms with Gasteiger partial charge in [0.15, 0.2) is 0 Å². The van der Waals surface area contributed by atoms with Crippen LogP contribution in [0.1, 0.15) is 49.3 Å².